The van der Waals surface area contributed by atoms with Crippen molar-refractivity contribution in [2.45, 2.75) is 19.4 Å². The number of hydrogen-bond acceptors (Lipinski definition) is 2. The van der Waals surface area contributed by atoms with Crippen molar-refractivity contribution in [3.05, 3.63) is 65.5 Å². The fourth-order valence-corrected chi connectivity index (χ4v) is 2.46. The van der Waals surface area contributed by atoms with E-state index >= 15 is 0 Å². The first-order valence-corrected chi connectivity index (χ1v) is 7.35. The molecule has 2 nitrogen and oxygen atoms in total. The standard InChI is InChI=1S/C18H23FN2/c1-4-20-18(13-14-6-5-7-16(19)12-14)15-8-10-17(11-9-15)21(2)3/h5-12,18,20H,4,13H2,1-3H3. The van der Waals surface area contributed by atoms with Crippen molar-refractivity contribution in [1.82, 2.24) is 5.32 Å². The van der Waals surface area contributed by atoms with E-state index in [4.69, 9.17) is 0 Å². The molecule has 0 saturated carbocycles. The van der Waals surface area contributed by atoms with Crippen LogP contribution in [0.1, 0.15) is 24.1 Å². The summed E-state index contributed by atoms with van der Waals surface area (Å²) < 4.78 is 13.3. The van der Waals surface area contributed by atoms with Gasteiger partial charge in [0.15, 0.2) is 0 Å². The Morgan fingerprint density at radius 3 is 2.38 bits per heavy atom. The molecule has 1 N–H and O–H groups in total. The van der Waals surface area contributed by atoms with E-state index in [9.17, 15) is 4.39 Å². The topological polar surface area (TPSA) is 15.3 Å². The van der Waals surface area contributed by atoms with Gasteiger partial charge in [-0.25, -0.2) is 4.39 Å². The number of likely N-dealkylation sites (N-methyl/N-ethyl adjacent to an activating group) is 1. The Hall–Kier alpha value is -1.87. The van der Waals surface area contributed by atoms with Crippen LogP contribution in [-0.4, -0.2) is 20.6 Å². The summed E-state index contributed by atoms with van der Waals surface area (Å²) in [6.07, 6.45) is 0.785. The van der Waals surface area contributed by atoms with Crippen LogP contribution < -0.4 is 10.2 Å². The molecule has 0 saturated heterocycles. The first-order valence-electron chi connectivity index (χ1n) is 7.35. The van der Waals surface area contributed by atoms with Crippen molar-refractivity contribution in [3.63, 3.8) is 0 Å². The Kier molecular flexibility index (Phi) is 5.34. The molecule has 0 aliphatic heterocycles. The lowest BCUT2D eigenvalue weighted by atomic mass is 9.98. The van der Waals surface area contributed by atoms with Crippen molar-refractivity contribution >= 4 is 5.69 Å². The van der Waals surface area contributed by atoms with Gasteiger partial charge in [-0.05, 0) is 48.4 Å². The molecule has 0 spiro atoms. The molecule has 2 aromatic rings. The summed E-state index contributed by atoms with van der Waals surface area (Å²) in [5.74, 6) is -0.175. The van der Waals surface area contributed by atoms with Crippen LogP contribution in [0.15, 0.2) is 48.5 Å². The molecule has 0 bridgehead atoms. The maximum absolute atomic E-state index is 13.3. The predicted octanol–water partition coefficient (Wildman–Crippen LogP) is 3.79. The Morgan fingerprint density at radius 2 is 1.81 bits per heavy atom. The molecular weight excluding hydrogens is 263 g/mol. The third-order valence-corrected chi connectivity index (χ3v) is 3.59. The van der Waals surface area contributed by atoms with E-state index in [1.54, 1.807) is 12.1 Å². The Labute approximate surface area is 126 Å². The molecule has 2 aromatic carbocycles. The van der Waals surface area contributed by atoms with Crippen LogP contribution in [0, 0.1) is 5.82 Å². The van der Waals surface area contributed by atoms with Crippen LogP contribution in [0.3, 0.4) is 0 Å². The number of benzene rings is 2. The highest BCUT2D eigenvalue weighted by atomic mass is 19.1. The lowest BCUT2D eigenvalue weighted by molar-refractivity contribution is 0.547. The second-order valence-corrected chi connectivity index (χ2v) is 5.43. The third-order valence-electron chi connectivity index (χ3n) is 3.59. The van der Waals surface area contributed by atoms with Crippen LogP contribution >= 0.6 is 0 Å². The van der Waals surface area contributed by atoms with Crippen LogP contribution in [0.2, 0.25) is 0 Å². The van der Waals surface area contributed by atoms with E-state index in [0.29, 0.717) is 0 Å². The van der Waals surface area contributed by atoms with Crippen LogP contribution in [0.5, 0.6) is 0 Å². The smallest absolute Gasteiger partial charge is 0.123 e. The van der Waals surface area contributed by atoms with E-state index in [1.165, 1.54) is 17.3 Å². The van der Waals surface area contributed by atoms with Gasteiger partial charge in [-0.15, -0.1) is 0 Å². The molecular formula is C18H23FN2. The minimum atomic E-state index is -0.175. The molecule has 0 fully saturated rings. The van der Waals surface area contributed by atoms with Crippen LogP contribution in [0.4, 0.5) is 10.1 Å². The van der Waals surface area contributed by atoms with Crippen molar-refractivity contribution in [3.8, 4) is 0 Å². The normalized spacial score (nSPS) is 12.2. The first kappa shape index (κ1) is 15.5. The summed E-state index contributed by atoms with van der Waals surface area (Å²) in [6.45, 7) is 2.97. The molecule has 0 aliphatic rings. The van der Waals surface area contributed by atoms with Gasteiger partial charge in [-0.1, -0.05) is 31.2 Å². The number of rotatable bonds is 6. The zero-order valence-corrected chi connectivity index (χ0v) is 12.9. The van der Waals surface area contributed by atoms with Gasteiger partial charge in [0.2, 0.25) is 0 Å². The van der Waals surface area contributed by atoms with Gasteiger partial charge in [0.25, 0.3) is 0 Å². The fourth-order valence-electron chi connectivity index (χ4n) is 2.46. The Bertz CT molecular complexity index is 564. The van der Waals surface area contributed by atoms with E-state index in [-0.39, 0.29) is 11.9 Å². The van der Waals surface area contributed by atoms with Crippen molar-refractivity contribution in [2.24, 2.45) is 0 Å². The van der Waals surface area contributed by atoms with Gasteiger partial charge in [0, 0.05) is 25.8 Å². The average molecular weight is 286 g/mol. The van der Waals surface area contributed by atoms with Crippen LogP contribution in [0.25, 0.3) is 0 Å². The summed E-state index contributed by atoms with van der Waals surface area (Å²) in [4.78, 5) is 2.08. The fraction of sp³-hybridized carbons (Fsp3) is 0.333. The maximum Gasteiger partial charge on any atom is 0.123 e. The van der Waals surface area contributed by atoms with Crippen LogP contribution in [-0.2, 0) is 6.42 Å². The summed E-state index contributed by atoms with van der Waals surface area (Å²) in [5, 5.41) is 3.48. The third kappa shape index (κ3) is 4.30. The zero-order valence-electron chi connectivity index (χ0n) is 12.9. The minimum Gasteiger partial charge on any atom is -0.378 e. The highest BCUT2D eigenvalue weighted by Gasteiger charge is 2.11. The number of anilines is 1. The molecule has 3 heteroatoms. The number of nitrogens with zero attached hydrogens (tertiary/aromatic N) is 1. The number of hydrogen-bond donors (Lipinski definition) is 1. The molecule has 112 valence electrons. The molecule has 21 heavy (non-hydrogen) atoms. The van der Waals surface area contributed by atoms with Gasteiger partial charge < -0.3 is 10.2 Å². The molecule has 0 aliphatic carbocycles. The lowest BCUT2D eigenvalue weighted by Gasteiger charge is -2.20. The summed E-state index contributed by atoms with van der Waals surface area (Å²) in [5.41, 5.74) is 3.42. The quantitative estimate of drug-likeness (QED) is 0.869. The largest absolute Gasteiger partial charge is 0.378 e. The van der Waals surface area contributed by atoms with E-state index in [2.05, 4.69) is 41.4 Å². The highest BCUT2D eigenvalue weighted by Crippen LogP contribution is 2.21. The molecule has 1 atom stereocenters. The Morgan fingerprint density at radius 1 is 1.10 bits per heavy atom. The monoisotopic (exact) mass is 286 g/mol. The van der Waals surface area contributed by atoms with Gasteiger partial charge >= 0.3 is 0 Å². The highest BCUT2D eigenvalue weighted by molar-refractivity contribution is 5.46. The molecule has 0 aromatic heterocycles. The van der Waals surface area contributed by atoms with Crippen molar-refractivity contribution < 1.29 is 4.39 Å². The van der Waals surface area contributed by atoms with E-state index in [1.807, 2.05) is 20.2 Å². The van der Waals surface area contributed by atoms with E-state index in [0.717, 1.165) is 18.5 Å². The molecule has 0 heterocycles. The zero-order chi connectivity index (χ0) is 15.2. The Balaban J connectivity index is 2.18. The first-order chi connectivity index (χ1) is 10.1. The number of nitrogens with one attached hydrogen (secondary N) is 1. The second-order valence-electron chi connectivity index (χ2n) is 5.43. The SMILES string of the molecule is CCNC(Cc1cccc(F)c1)c1ccc(N(C)C)cc1. The van der Waals surface area contributed by atoms with Gasteiger partial charge in [0.05, 0.1) is 0 Å². The maximum atomic E-state index is 13.3. The van der Waals surface area contributed by atoms with Gasteiger partial charge in [-0.3, -0.25) is 0 Å². The number of halogens is 1. The molecule has 1 unspecified atom stereocenters. The van der Waals surface area contributed by atoms with Crippen molar-refractivity contribution in [2.75, 3.05) is 25.5 Å². The van der Waals surface area contributed by atoms with Gasteiger partial charge in [-0.2, -0.15) is 0 Å². The summed E-state index contributed by atoms with van der Waals surface area (Å²) in [7, 11) is 4.06. The minimum absolute atomic E-state index is 0.175. The second kappa shape index (κ2) is 7.23. The van der Waals surface area contributed by atoms with Gasteiger partial charge in [0.1, 0.15) is 5.82 Å². The van der Waals surface area contributed by atoms with Crippen molar-refractivity contribution in [1.29, 1.82) is 0 Å². The molecule has 0 amide bonds. The predicted molar refractivity (Wildman–Crippen MR) is 87.3 cm³/mol. The summed E-state index contributed by atoms with van der Waals surface area (Å²) in [6, 6.07) is 15.6. The van der Waals surface area contributed by atoms with E-state index < -0.39 is 0 Å². The lowest BCUT2D eigenvalue weighted by Crippen LogP contribution is -2.23. The molecule has 0 radical (unpaired) electrons. The average Bonchev–Trinajstić information content (AvgIpc) is 2.47. The molecule has 2 rings (SSSR count). The summed E-state index contributed by atoms with van der Waals surface area (Å²) >= 11 is 0.